The normalized spacial score (nSPS) is 22.0. The molecule has 2 atom stereocenters. The lowest BCUT2D eigenvalue weighted by molar-refractivity contribution is -0.274. The number of pyridine rings is 1. The van der Waals surface area contributed by atoms with Gasteiger partial charge in [-0.25, -0.2) is 4.79 Å². The van der Waals surface area contributed by atoms with E-state index < -0.39 is 6.36 Å². The Morgan fingerprint density at radius 2 is 1.65 bits per heavy atom. The molecule has 3 aliphatic rings. The van der Waals surface area contributed by atoms with E-state index in [0.717, 1.165) is 30.5 Å². The minimum atomic E-state index is -4.74. The molecule has 2 fully saturated rings. The smallest absolute Gasteiger partial charge is 0.406 e. The van der Waals surface area contributed by atoms with Gasteiger partial charge in [0, 0.05) is 63.7 Å². The molecule has 2 aromatic rings. The van der Waals surface area contributed by atoms with E-state index in [-0.39, 0.29) is 17.7 Å². The second kappa shape index (κ2) is 10.4. The number of ether oxygens (including phenoxy) is 1. The number of carbonyl (C=O) groups excluding carboxylic acids is 2. The fourth-order valence-corrected chi connectivity index (χ4v) is 5.51. The van der Waals surface area contributed by atoms with Crippen molar-refractivity contribution >= 4 is 18.0 Å². The van der Waals surface area contributed by atoms with Gasteiger partial charge < -0.3 is 19.4 Å². The number of halogens is 3. The Bertz CT molecular complexity index is 1150. The highest BCUT2D eigenvalue weighted by molar-refractivity contribution is 5.91. The zero-order chi connectivity index (χ0) is 26.0. The summed E-state index contributed by atoms with van der Waals surface area (Å²) in [4.78, 5) is 36.1. The number of benzene rings is 1. The molecule has 2 saturated heterocycles. The summed E-state index contributed by atoms with van der Waals surface area (Å²) in [5.74, 6) is 0.310. The minimum absolute atomic E-state index is 0.0881. The molecule has 0 unspecified atom stereocenters. The molecule has 37 heavy (non-hydrogen) atoms. The van der Waals surface area contributed by atoms with Crippen LogP contribution in [0.1, 0.15) is 29.7 Å². The molecule has 1 aromatic heterocycles. The molecule has 0 saturated carbocycles. The van der Waals surface area contributed by atoms with E-state index in [1.165, 1.54) is 30.3 Å². The Morgan fingerprint density at radius 1 is 0.946 bits per heavy atom. The van der Waals surface area contributed by atoms with Gasteiger partial charge in [-0.1, -0.05) is 18.2 Å². The number of carbonyl (C=O) groups is 2. The van der Waals surface area contributed by atoms with Crippen molar-refractivity contribution in [2.75, 3.05) is 32.7 Å². The van der Waals surface area contributed by atoms with Crippen LogP contribution in [-0.4, -0.2) is 70.7 Å². The van der Waals surface area contributed by atoms with Crippen LogP contribution in [0.4, 0.5) is 18.0 Å². The molecular weight excluding hydrogens is 485 g/mol. The van der Waals surface area contributed by atoms with Crippen LogP contribution >= 0.6 is 0 Å². The van der Waals surface area contributed by atoms with E-state index in [0.29, 0.717) is 56.7 Å². The van der Waals surface area contributed by atoms with Crippen molar-refractivity contribution in [2.45, 2.75) is 32.2 Å². The van der Waals surface area contributed by atoms with Crippen molar-refractivity contribution < 1.29 is 27.5 Å². The van der Waals surface area contributed by atoms with Crippen LogP contribution in [0.3, 0.4) is 0 Å². The molecule has 3 aliphatic heterocycles. The van der Waals surface area contributed by atoms with Crippen molar-refractivity contribution in [3.05, 3.63) is 65.5 Å². The lowest BCUT2D eigenvalue weighted by Gasteiger charge is -2.32. The number of hydrogen-bond donors (Lipinski definition) is 0. The van der Waals surface area contributed by atoms with E-state index in [4.69, 9.17) is 0 Å². The molecule has 0 N–H and O–H groups in total. The van der Waals surface area contributed by atoms with Gasteiger partial charge in [-0.15, -0.1) is 13.2 Å². The molecule has 4 heterocycles. The first-order valence-electron chi connectivity index (χ1n) is 12.5. The fourth-order valence-electron chi connectivity index (χ4n) is 5.51. The second-order valence-corrected chi connectivity index (χ2v) is 9.84. The summed E-state index contributed by atoms with van der Waals surface area (Å²) in [6.07, 6.45) is 2.56. The number of amides is 3. The number of rotatable bonds is 3. The minimum Gasteiger partial charge on any atom is -0.406 e. The van der Waals surface area contributed by atoms with Gasteiger partial charge in [0.15, 0.2) is 0 Å². The lowest BCUT2D eigenvalue weighted by atomic mass is 9.92. The maximum Gasteiger partial charge on any atom is 0.573 e. The number of aromatic nitrogens is 1. The van der Waals surface area contributed by atoms with Crippen LogP contribution in [0, 0.1) is 11.8 Å². The molecule has 0 bridgehead atoms. The van der Waals surface area contributed by atoms with Crippen LogP contribution in [0.25, 0.3) is 6.08 Å². The van der Waals surface area contributed by atoms with E-state index in [1.54, 1.807) is 12.3 Å². The molecule has 10 heteroatoms. The summed E-state index contributed by atoms with van der Waals surface area (Å²) in [5, 5.41) is 0. The fraction of sp³-hybridized carbons (Fsp3) is 0.444. The zero-order valence-corrected chi connectivity index (χ0v) is 20.4. The molecular formula is C27H29F3N4O3. The topological polar surface area (TPSA) is 66.0 Å². The Kier molecular flexibility index (Phi) is 7.08. The summed E-state index contributed by atoms with van der Waals surface area (Å²) in [5.41, 5.74) is 2.80. The van der Waals surface area contributed by atoms with Gasteiger partial charge in [0.25, 0.3) is 0 Å². The number of fused-ring (bicyclic) bond motifs is 2. The predicted molar refractivity (Wildman–Crippen MR) is 130 cm³/mol. The number of alkyl halides is 3. The van der Waals surface area contributed by atoms with Crippen molar-refractivity contribution in [3.8, 4) is 5.75 Å². The van der Waals surface area contributed by atoms with Gasteiger partial charge in [-0.05, 0) is 60.1 Å². The molecule has 0 spiro atoms. The summed E-state index contributed by atoms with van der Waals surface area (Å²) >= 11 is 0. The summed E-state index contributed by atoms with van der Waals surface area (Å²) < 4.78 is 40.8. The van der Waals surface area contributed by atoms with Crippen molar-refractivity contribution in [1.82, 2.24) is 19.7 Å². The quantitative estimate of drug-likeness (QED) is 0.572. The number of nitrogens with zero attached hydrogens (tertiary/aromatic N) is 4. The van der Waals surface area contributed by atoms with Crippen LogP contribution in [0.5, 0.6) is 5.75 Å². The highest BCUT2D eigenvalue weighted by Crippen LogP contribution is 2.33. The number of hydrogen-bond acceptors (Lipinski definition) is 4. The maximum absolute atomic E-state index is 13.2. The first-order chi connectivity index (χ1) is 17.7. The van der Waals surface area contributed by atoms with Gasteiger partial charge in [-0.2, -0.15) is 0 Å². The van der Waals surface area contributed by atoms with Gasteiger partial charge in [0.05, 0.1) is 0 Å². The van der Waals surface area contributed by atoms with Crippen molar-refractivity contribution in [3.63, 3.8) is 0 Å². The third-order valence-corrected chi connectivity index (χ3v) is 7.47. The zero-order valence-electron chi connectivity index (χ0n) is 20.4. The molecule has 3 amide bonds. The summed E-state index contributed by atoms with van der Waals surface area (Å²) in [7, 11) is 0. The largest absolute Gasteiger partial charge is 0.573 e. The van der Waals surface area contributed by atoms with Crippen molar-refractivity contribution in [2.24, 2.45) is 11.8 Å². The third kappa shape index (κ3) is 6.06. The van der Waals surface area contributed by atoms with Crippen LogP contribution in [0.2, 0.25) is 0 Å². The molecule has 1 aromatic carbocycles. The Morgan fingerprint density at radius 3 is 2.32 bits per heavy atom. The van der Waals surface area contributed by atoms with Crippen LogP contribution in [0.15, 0.2) is 48.7 Å². The molecule has 7 nitrogen and oxygen atoms in total. The monoisotopic (exact) mass is 514 g/mol. The average Bonchev–Trinajstić information content (AvgIpc) is 3.19. The highest BCUT2D eigenvalue weighted by Gasteiger charge is 2.39. The SMILES string of the molecule is O=C(C=Cc1ccc(OC(F)(F)F)cc1)N1CC[C@@H]2CN(C(=O)N3CCc4ncccc4C3)C[C@@H]2CC1. The Hall–Kier alpha value is -3.56. The average molecular weight is 515 g/mol. The van der Waals surface area contributed by atoms with Gasteiger partial charge in [0.1, 0.15) is 5.75 Å². The first-order valence-corrected chi connectivity index (χ1v) is 12.5. The standard InChI is InChI=1S/C27H29F3N4O3/c28-27(29,30)37-23-6-3-19(4-7-23)5-8-25(35)32-13-9-20-16-34(17-21(20)10-14-32)26(36)33-15-11-24-22(18-33)2-1-12-31-24/h1-8,12,20-21H,9-11,13-18H2/t20-,21+. The van der Waals surface area contributed by atoms with E-state index in [2.05, 4.69) is 9.72 Å². The van der Waals surface area contributed by atoms with Gasteiger partial charge >= 0.3 is 12.4 Å². The predicted octanol–water partition coefficient (Wildman–Crippen LogP) is 4.34. The second-order valence-electron chi connectivity index (χ2n) is 9.84. The third-order valence-electron chi connectivity index (χ3n) is 7.47. The number of likely N-dealkylation sites (tertiary alicyclic amines) is 2. The van der Waals surface area contributed by atoms with Crippen LogP contribution in [-0.2, 0) is 17.8 Å². The number of urea groups is 1. The van der Waals surface area contributed by atoms with Gasteiger partial charge in [0.2, 0.25) is 5.91 Å². The molecule has 5 rings (SSSR count). The highest BCUT2D eigenvalue weighted by atomic mass is 19.4. The van der Waals surface area contributed by atoms with E-state index >= 15 is 0 Å². The van der Waals surface area contributed by atoms with Crippen molar-refractivity contribution in [1.29, 1.82) is 0 Å². The lowest BCUT2D eigenvalue weighted by Crippen LogP contribution is -2.45. The molecule has 196 valence electrons. The van der Waals surface area contributed by atoms with E-state index in [9.17, 15) is 22.8 Å². The van der Waals surface area contributed by atoms with Crippen LogP contribution < -0.4 is 4.74 Å². The summed E-state index contributed by atoms with van der Waals surface area (Å²) in [6.45, 7) is 3.94. The molecule has 0 radical (unpaired) electrons. The van der Waals surface area contributed by atoms with E-state index in [1.807, 2.05) is 26.8 Å². The molecule has 0 aliphatic carbocycles. The first kappa shape index (κ1) is 25.1. The maximum atomic E-state index is 13.2. The Balaban J connectivity index is 1.11. The summed E-state index contributed by atoms with van der Waals surface area (Å²) in [6, 6.07) is 9.42. The van der Waals surface area contributed by atoms with Gasteiger partial charge in [-0.3, -0.25) is 9.78 Å². The Labute approximate surface area is 213 Å².